The van der Waals surface area contributed by atoms with Gasteiger partial charge in [0, 0.05) is 12.1 Å². The highest BCUT2D eigenvalue weighted by Crippen LogP contribution is 2.23. The van der Waals surface area contributed by atoms with E-state index >= 15 is 0 Å². The second-order valence-corrected chi connectivity index (χ2v) is 5.07. The Hall–Kier alpha value is -3.49. The molecular weight excluding hydrogens is 318 g/mol. The van der Waals surface area contributed by atoms with Crippen molar-refractivity contribution in [1.82, 2.24) is 0 Å². The van der Waals surface area contributed by atoms with E-state index in [9.17, 15) is 29.8 Å². The monoisotopic (exact) mass is 329 g/mol. The van der Waals surface area contributed by atoms with Gasteiger partial charge in [-0.05, 0) is 37.1 Å². The third-order valence-electron chi connectivity index (χ3n) is 3.29. The number of allylic oxidation sites excluding steroid dienone is 4. The van der Waals surface area contributed by atoms with Gasteiger partial charge in [0.1, 0.15) is 0 Å². The number of nitro groups is 2. The number of hydrogen-bond donors (Lipinski definition) is 0. The zero-order valence-electron chi connectivity index (χ0n) is 12.7. The number of hydrogen-bond acceptors (Lipinski definition) is 6. The van der Waals surface area contributed by atoms with E-state index in [1.54, 1.807) is 13.8 Å². The van der Waals surface area contributed by atoms with E-state index < -0.39 is 27.1 Å². The molecule has 0 saturated carbocycles. The summed E-state index contributed by atoms with van der Waals surface area (Å²) in [4.78, 5) is 47.6. The molecule has 1 aliphatic rings. The minimum Gasteiger partial charge on any atom is -0.290 e. The molecule has 0 fully saturated rings. The number of ketones is 1. The van der Waals surface area contributed by atoms with Crippen LogP contribution in [0.1, 0.15) is 24.2 Å². The lowest BCUT2D eigenvalue weighted by atomic mass is 9.98. The summed E-state index contributed by atoms with van der Waals surface area (Å²) < 4.78 is 0. The molecule has 0 radical (unpaired) electrons. The minimum atomic E-state index is -0.872. The minimum absolute atomic E-state index is 0.204. The Labute approximate surface area is 135 Å². The topological polar surface area (TPSA) is 133 Å². The molecule has 0 N–H and O–H groups in total. The smallest absolute Gasteiger partial charge is 0.278 e. The van der Waals surface area contributed by atoms with E-state index in [4.69, 9.17) is 0 Å². The number of carbonyl (C=O) groups is 2. The van der Waals surface area contributed by atoms with Gasteiger partial charge < -0.3 is 0 Å². The fourth-order valence-corrected chi connectivity index (χ4v) is 2.00. The molecule has 0 heterocycles. The number of aliphatic imine (C=N–C) groups is 1. The molecule has 0 unspecified atom stereocenters. The maximum Gasteiger partial charge on any atom is 0.278 e. The summed E-state index contributed by atoms with van der Waals surface area (Å²) in [5.74, 6) is -1.08. The van der Waals surface area contributed by atoms with Crippen LogP contribution >= 0.6 is 0 Å². The molecule has 0 saturated heterocycles. The van der Waals surface area contributed by atoms with Crippen molar-refractivity contribution in [3.05, 3.63) is 67.3 Å². The van der Waals surface area contributed by atoms with Crippen molar-refractivity contribution in [2.24, 2.45) is 4.99 Å². The largest absolute Gasteiger partial charge is 0.290 e. The lowest BCUT2D eigenvalue weighted by Crippen LogP contribution is -2.12. The van der Waals surface area contributed by atoms with Crippen LogP contribution in [0, 0.1) is 20.2 Å². The highest BCUT2D eigenvalue weighted by molar-refractivity contribution is 6.24. The summed E-state index contributed by atoms with van der Waals surface area (Å²) in [6.45, 7) is 3.15. The molecule has 0 atom stereocenters. The highest BCUT2D eigenvalue weighted by atomic mass is 16.6. The van der Waals surface area contributed by atoms with Gasteiger partial charge in [0.15, 0.2) is 5.78 Å². The van der Waals surface area contributed by atoms with Crippen molar-refractivity contribution in [2.75, 3.05) is 0 Å². The van der Waals surface area contributed by atoms with E-state index in [2.05, 4.69) is 4.99 Å². The number of rotatable bonds is 3. The normalized spacial score (nSPS) is 15.8. The van der Waals surface area contributed by atoms with Crippen LogP contribution < -0.4 is 0 Å². The predicted molar refractivity (Wildman–Crippen MR) is 84.0 cm³/mol. The highest BCUT2D eigenvalue weighted by Gasteiger charge is 2.21. The van der Waals surface area contributed by atoms with Gasteiger partial charge in [-0.25, -0.2) is 4.99 Å². The zero-order valence-corrected chi connectivity index (χ0v) is 12.7. The first kappa shape index (κ1) is 16.9. The average Bonchev–Trinajstić information content (AvgIpc) is 2.51. The van der Waals surface area contributed by atoms with Crippen molar-refractivity contribution in [3.8, 4) is 0 Å². The number of benzene rings is 1. The summed E-state index contributed by atoms with van der Waals surface area (Å²) >= 11 is 0. The van der Waals surface area contributed by atoms with Crippen LogP contribution in [-0.2, 0) is 4.79 Å². The quantitative estimate of drug-likeness (QED) is 0.475. The van der Waals surface area contributed by atoms with E-state index in [-0.39, 0.29) is 17.1 Å². The van der Waals surface area contributed by atoms with Crippen molar-refractivity contribution in [3.63, 3.8) is 0 Å². The number of carbonyl (C=O) groups excluding carboxylic acids is 2. The zero-order chi connectivity index (χ0) is 18.0. The van der Waals surface area contributed by atoms with Crippen molar-refractivity contribution >= 4 is 28.8 Å². The van der Waals surface area contributed by atoms with Crippen molar-refractivity contribution in [1.29, 1.82) is 0 Å². The summed E-state index contributed by atoms with van der Waals surface area (Å²) in [6, 6.07) is 2.60. The molecule has 122 valence electrons. The lowest BCUT2D eigenvalue weighted by molar-refractivity contribution is -0.394. The van der Waals surface area contributed by atoms with Gasteiger partial charge in [0.2, 0.25) is 0 Å². The first-order valence-electron chi connectivity index (χ1n) is 6.67. The van der Waals surface area contributed by atoms with Crippen LogP contribution in [0.3, 0.4) is 0 Å². The maximum absolute atomic E-state index is 12.2. The van der Waals surface area contributed by atoms with Crippen LogP contribution in [0.2, 0.25) is 0 Å². The molecule has 9 heteroatoms. The van der Waals surface area contributed by atoms with Gasteiger partial charge in [0.05, 0.1) is 27.2 Å². The van der Waals surface area contributed by atoms with Crippen LogP contribution in [0.5, 0.6) is 0 Å². The van der Waals surface area contributed by atoms with Gasteiger partial charge in [-0.15, -0.1) is 0 Å². The Morgan fingerprint density at radius 2 is 1.50 bits per heavy atom. The van der Waals surface area contributed by atoms with E-state index in [1.807, 2.05) is 0 Å². The van der Waals surface area contributed by atoms with Gasteiger partial charge >= 0.3 is 0 Å². The summed E-state index contributed by atoms with van der Waals surface area (Å²) in [7, 11) is 0. The summed E-state index contributed by atoms with van der Waals surface area (Å²) in [5, 5.41) is 21.7. The van der Waals surface area contributed by atoms with Crippen LogP contribution in [0.4, 0.5) is 11.4 Å². The molecule has 0 aliphatic heterocycles. The Balaban J connectivity index is 2.49. The van der Waals surface area contributed by atoms with E-state index in [1.165, 1.54) is 12.2 Å². The third-order valence-corrected chi connectivity index (χ3v) is 3.29. The van der Waals surface area contributed by atoms with Crippen LogP contribution in [0.15, 0.2) is 46.5 Å². The molecule has 1 aromatic rings. The second-order valence-electron chi connectivity index (χ2n) is 5.07. The summed E-state index contributed by atoms with van der Waals surface area (Å²) in [6.07, 6.45) is 2.73. The predicted octanol–water partition coefficient (Wildman–Crippen LogP) is 2.56. The number of amides is 1. The Morgan fingerprint density at radius 1 is 0.958 bits per heavy atom. The van der Waals surface area contributed by atoms with Crippen LogP contribution in [0.25, 0.3) is 0 Å². The van der Waals surface area contributed by atoms with Crippen LogP contribution in [-0.4, -0.2) is 27.2 Å². The maximum atomic E-state index is 12.2. The SMILES string of the molecule is CC1=CC(=NC(=O)c2cc([N+](=O)[O-])cc([N+](=O)[O-])c2)C(C)=CC1=O. The number of non-ortho nitro benzene ring substituents is 2. The van der Waals surface area contributed by atoms with Gasteiger partial charge in [0.25, 0.3) is 17.3 Å². The Bertz CT molecular complexity index is 847. The lowest BCUT2D eigenvalue weighted by Gasteiger charge is -2.09. The Kier molecular flexibility index (Phi) is 4.45. The third kappa shape index (κ3) is 3.46. The molecule has 1 aliphatic carbocycles. The standard InChI is InChI=1S/C15H11N3O6/c1-8-4-14(19)9(2)3-13(8)16-15(20)10-5-11(17(21)22)7-12(6-10)18(23)24/h3-7H,1-2H3. The molecule has 0 aromatic heterocycles. The van der Waals surface area contributed by atoms with Gasteiger partial charge in [-0.1, -0.05) is 0 Å². The van der Waals surface area contributed by atoms with Crippen molar-refractivity contribution in [2.45, 2.75) is 13.8 Å². The van der Waals surface area contributed by atoms with E-state index in [0.29, 0.717) is 11.1 Å². The van der Waals surface area contributed by atoms with Gasteiger partial charge in [-0.2, -0.15) is 0 Å². The molecule has 24 heavy (non-hydrogen) atoms. The molecular formula is C15H11N3O6. The second kappa shape index (κ2) is 6.32. The Morgan fingerprint density at radius 3 is 2.00 bits per heavy atom. The fraction of sp³-hybridized carbons (Fsp3) is 0.133. The molecule has 1 aromatic carbocycles. The summed E-state index contributed by atoms with van der Waals surface area (Å²) in [5.41, 5.74) is -0.363. The molecule has 1 amide bonds. The molecule has 9 nitrogen and oxygen atoms in total. The van der Waals surface area contributed by atoms with E-state index in [0.717, 1.165) is 18.2 Å². The first-order chi connectivity index (χ1) is 11.2. The fourth-order valence-electron chi connectivity index (χ4n) is 2.00. The number of nitrogens with zero attached hydrogens (tertiary/aromatic N) is 3. The van der Waals surface area contributed by atoms with Gasteiger partial charge in [-0.3, -0.25) is 29.8 Å². The molecule has 0 bridgehead atoms. The average molecular weight is 329 g/mol. The van der Waals surface area contributed by atoms with Crippen molar-refractivity contribution < 1.29 is 19.4 Å². The molecule has 0 spiro atoms. The number of nitro benzene ring substituents is 2. The molecule has 2 rings (SSSR count). The first-order valence-corrected chi connectivity index (χ1v) is 6.67.